The van der Waals surface area contributed by atoms with Gasteiger partial charge in [-0.15, -0.1) is 12.6 Å². The maximum atomic E-state index is 10.4. The van der Waals surface area contributed by atoms with Gasteiger partial charge in [-0.1, -0.05) is 18.2 Å². The summed E-state index contributed by atoms with van der Waals surface area (Å²) in [6, 6.07) is 9.15. The molecule has 0 atom stereocenters. The summed E-state index contributed by atoms with van der Waals surface area (Å²) in [5.74, 6) is 0.690. The van der Waals surface area contributed by atoms with Crippen molar-refractivity contribution in [2.75, 3.05) is 6.61 Å². The third-order valence-corrected chi connectivity index (χ3v) is 1.23. The van der Waals surface area contributed by atoms with Crippen molar-refractivity contribution in [3.05, 3.63) is 30.3 Å². The van der Waals surface area contributed by atoms with Gasteiger partial charge in [-0.25, -0.2) is 0 Å². The van der Waals surface area contributed by atoms with Crippen molar-refractivity contribution in [2.45, 2.75) is 0 Å². The van der Waals surface area contributed by atoms with Crippen molar-refractivity contribution in [3.63, 3.8) is 0 Å². The summed E-state index contributed by atoms with van der Waals surface area (Å²) < 4.78 is 5.04. The largest absolute Gasteiger partial charge is 0.485 e. The Morgan fingerprint density at radius 2 is 2.00 bits per heavy atom. The molecule has 0 saturated carbocycles. The van der Waals surface area contributed by atoms with Crippen LogP contribution in [0.4, 0.5) is 0 Å². The average Bonchev–Trinajstić information content (AvgIpc) is 2.03. The van der Waals surface area contributed by atoms with E-state index in [1.165, 1.54) is 0 Å². The molecule has 0 fully saturated rings. The highest BCUT2D eigenvalue weighted by atomic mass is 32.1. The second-order valence-electron chi connectivity index (χ2n) is 2.00. The lowest BCUT2D eigenvalue weighted by atomic mass is 10.3. The molecule has 1 rings (SSSR count). The molecule has 0 saturated heterocycles. The van der Waals surface area contributed by atoms with Crippen molar-refractivity contribution >= 4 is 17.7 Å². The van der Waals surface area contributed by atoms with Crippen LogP contribution >= 0.6 is 12.6 Å². The van der Waals surface area contributed by atoms with Gasteiger partial charge in [-0.3, -0.25) is 4.79 Å². The molecule has 1 aromatic carbocycles. The van der Waals surface area contributed by atoms with Crippen LogP contribution in [0.1, 0.15) is 0 Å². The van der Waals surface area contributed by atoms with E-state index >= 15 is 0 Å². The van der Waals surface area contributed by atoms with Gasteiger partial charge in [0.2, 0.25) is 5.12 Å². The zero-order valence-electron chi connectivity index (χ0n) is 5.86. The smallest absolute Gasteiger partial charge is 0.223 e. The molecule has 0 aliphatic heterocycles. The van der Waals surface area contributed by atoms with E-state index in [1.54, 1.807) is 12.1 Å². The van der Waals surface area contributed by atoms with Crippen LogP contribution in [0.25, 0.3) is 0 Å². The van der Waals surface area contributed by atoms with Crippen molar-refractivity contribution in [1.29, 1.82) is 0 Å². The molecule has 1 aromatic rings. The molecule has 0 aromatic heterocycles. The summed E-state index contributed by atoms with van der Waals surface area (Å²) in [5.41, 5.74) is 0. The predicted octanol–water partition coefficient (Wildman–Crippen LogP) is 1.52. The fourth-order valence-electron chi connectivity index (χ4n) is 0.662. The molecule has 0 bridgehead atoms. The number of benzene rings is 1. The van der Waals surface area contributed by atoms with Crippen LogP contribution in [0.2, 0.25) is 0 Å². The Morgan fingerprint density at radius 1 is 1.36 bits per heavy atom. The fraction of sp³-hybridized carbons (Fsp3) is 0.125. The highest BCUT2D eigenvalue weighted by Gasteiger charge is 1.94. The van der Waals surface area contributed by atoms with Crippen molar-refractivity contribution in [2.24, 2.45) is 0 Å². The summed E-state index contributed by atoms with van der Waals surface area (Å²) in [4.78, 5) is 10.4. The van der Waals surface area contributed by atoms with E-state index in [1.807, 2.05) is 18.2 Å². The maximum Gasteiger partial charge on any atom is 0.223 e. The number of hydrogen-bond acceptors (Lipinski definition) is 2. The van der Waals surface area contributed by atoms with Crippen LogP contribution < -0.4 is 4.74 Å². The lowest BCUT2D eigenvalue weighted by molar-refractivity contribution is -0.112. The van der Waals surface area contributed by atoms with Gasteiger partial charge < -0.3 is 4.74 Å². The third-order valence-electron chi connectivity index (χ3n) is 1.11. The van der Waals surface area contributed by atoms with Crippen LogP contribution in [0.15, 0.2) is 30.3 Å². The van der Waals surface area contributed by atoms with Crippen LogP contribution in [-0.4, -0.2) is 11.7 Å². The highest BCUT2D eigenvalue weighted by molar-refractivity contribution is 7.96. The lowest BCUT2D eigenvalue weighted by Crippen LogP contribution is -2.03. The van der Waals surface area contributed by atoms with Crippen LogP contribution in [0.5, 0.6) is 5.75 Å². The Morgan fingerprint density at radius 3 is 2.55 bits per heavy atom. The first-order valence-electron chi connectivity index (χ1n) is 3.18. The van der Waals surface area contributed by atoms with Crippen molar-refractivity contribution in [1.82, 2.24) is 0 Å². The third kappa shape index (κ3) is 3.09. The number of para-hydroxylation sites is 1. The molecular weight excluding hydrogens is 160 g/mol. The maximum absolute atomic E-state index is 10.4. The summed E-state index contributed by atoms with van der Waals surface area (Å²) in [5, 5.41) is -0.270. The summed E-state index contributed by atoms with van der Waals surface area (Å²) >= 11 is 3.56. The molecule has 2 nitrogen and oxygen atoms in total. The molecule has 0 unspecified atom stereocenters. The van der Waals surface area contributed by atoms with Crippen molar-refractivity contribution in [3.8, 4) is 5.75 Å². The van der Waals surface area contributed by atoms with E-state index in [2.05, 4.69) is 12.6 Å². The first-order chi connectivity index (χ1) is 5.29. The topological polar surface area (TPSA) is 26.3 Å². The van der Waals surface area contributed by atoms with Gasteiger partial charge in [0.05, 0.1) is 0 Å². The molecular formula is C8H8O2S. The molecule has 11 heavy (non-hydrogen) atoms. The van der Waals surface area contributed by atoms with Gasteiger partial charge in [-0.2, -0.15) is 0 Å². The van der Waals surface area contributed by atoms with Crippen LogP contribution in [-0.2, 0) is 4.79 Å². The van der Waals surface area contributed by atoms with E-state index in [4.69, 9.17) is 4.74 Å². The second kappa shape index (κ2) is 4.03. The number of rotatable bonds is 3. The zero-order chi connectivity index (χ0) is 8.10. The standard InChI is InChI=1S/C8H8O2S/c9-8(11)6-10-7-4-2-1-3-5-7/h1-5H,6H2,(H,9,11). The second-order valence-corrected chi connectivity index (χ2v) is 2.49. The minimum absolute atomic E-state index is 0.0210. The molecule has 3 heteroatoms. The summed E-state index contributed by atoms with van der Waals surface area (Å²) in [7, 11) is 0. The van der Waals surface area contributed by atoms with Gasteiger partial charge in [-0.05, 0) is 12.1 Å². The average molecular weight is 168 g/mol. The lowest BCUT2D eigenvalue weighted by Gasteiger charge is -2.00. The van der Waals surface area contributed by atoms with Crippen LogP contribution in [0.3, 0.4) is 0 Å². The fourth-order valence-corrected chi connectivity index (χ4v) is 0.726. The van der Waals surface area contributed by atoms with Crippen LogP contribution in [0, 0.1) is 0 Å². The monoisotopic (exact) mass is 168 g/mol. The number of carbonyl (C=O) groups is 1. The van der Waals surface area contributed by atoms with Crippen molar-refractivity contribution < 1.29 is 9.53 Å². The molecule has 0 N–H and O–H groups in total. The predicted molar refractivity (Wildman–Crippen MR) is 45.9 cm³/mol. The Balaban J connectivity index is 2.45. The normalized spacial score (nSPS) is 9.18. The Hall–Kier alpha value is -0.960. The molecule has 0 radical (unpaired) electrons. The highest BCUT2D eigenvalue weighted by Crippen LogP contribution is 2.07. The van der Waals surface area contributed by atoms with Gasteiger partial charge in [0, 0.05) is 0 Å². The quantitative estimate of drug-likeness (QED) is 0.692. The van der Waals surface area contributed by atoms with Gasteiger partial charge in [0.1, 0.15) is 5.75 Å². The molecule has 0 heterocycles. The molecule has 0 spiro atoms. The Labute approximate surface area is 70.6 Å². The Kier molecular flexibility index (Phi) is 2.98. The molecule has 58 valence electrons. The summed E-state index contributed by atoms with van der Waals surface area (Å²) in [6.45, 7) is 0.0210. The van der Waals surface area contributed by atoms with E-state index in [0.29, 0.717) is 5.75 Å². The minimum Gasteiger partial charge on any atom is -0.485 e. The first-order valence-corrected chi connectivity index (χ1v) is 3.63. The van der Waals surface area contributed by atoms with E-state index in [9.17, 15) is 4.79 Å². The number of carbonyl (C=O) groups excluding carboxylic acids is 1. The van der Waals surface area contributed by atoms with Gasteiger partial charge >= 0.3 is 0 Å². The first kappa shape index (κ1) is 8.14. The Bertz CT molecular complexity index is 233. The van der Waals surface area contributed by atoms with E-state index in [0.717, 1.165) is 0 Å². The number of thiol groups is 1. The van der Waals surface area contributed by atoms with Gasteiger partial charge in [0.15, 0.2) is 6.61 Å². The van der Waals surface area contributed by atoms with E-state index < -0.39 is 0 Å². The SMILES string of the molecule is O=C(S)COc1ccccc1. The van der Waals surface area contributed by atoms with E-state index in [-0.39, 0.29) is 11.7 Å². The number of ether oxygens (including phenoxy) is 1. The zero-order valence-corrected chi connectivity index (χ0v) is 6.75. The summed E-state index contributed by atoms with van der Waals surface area (Å²) in [6.07, 6.45) is 0. The van der Waals surface area contributed by atoms with Gasteiger partial charge in [0.25, 0.3) is 0 Å². The minimum atomic E-state index is -0.270. The molecule has 0 aliphatic carbocycles. The molecule has 0 aliphatic rings. The number of hydrogen-bond donors (Lipinski definition) is 1. The molecule has 0 amide bonds.